The van der Waals surface area contributed by atoms with E-state index in [1.807, 2.05) is 7.05 Å². The van der Waals surface area contributed by atoms with E-state index in [9.17, 15) is 0 Å². The molecule has 2 aliphatic rings. The molecule has 0 spiro atoms. The molecule has 0 amide bonds. The minimum absolute atomic E-state index is 0.599. The zero-order valence-electron chi connectivity index (χ0n) is 13.2. The Hall–Kier alpha value is -0.160. The maximum absolute atomic E-state index is 5.78. The van der Waals surface area contributed by atoms with Gasteiger partial charge in [-0.1, -0.05) is 13.8 Å². The Morgan fingerprint density at radius 1 is 1.05 bits per heavy atom. The van der Waals surface area contributed by atoms with Crippen molar-refractivity contribution in [1.29, 1.82) is 0 Å². The summed E-state index contributed by atoms with van der Waals surface area (Å²) < 4.78 is 5.78. The zero-order chi connectivity index (χ0) is 13.9. The second-order valence-corrected chi connectivity index (χ2v) is 5.41. The fourth-order valence-corrected chi connectivity index (χ4v) is 2.22. The lowest BCUT2D eigenvalue weighted by Gasteiger charge is -2.34. The van der Waals surface area contributed by atoms with Crippen LogP contribution < -0.4 is 5.32 Å². The minimum Gasteiger partial charge on any atom is -0.377 e. The van der Waals surface area contributed by atoms with Crippen molar-refractivity contribution in [1.82, 2.24) is 15.1 Å². The molecular formula is C15H33N3O. The van der Waals surface area contributed by atoms with Gasteiger partial charge in [0.1, 0.15) is 0 Å². The Morgan fingerprint density at radius 2 is 1.63 bits per heavy atom. The highest BCUT2D eigenvalue weighted by molar-refractivity contribution is 4.72. The van der Waals surface area contributed by atoms with Crippen LogP contribution in [0, 0.1) is 0 Å². The molecule has 0 radical (unpaired) electrons. The number of nitrogens with zero attached hydrogens (tertiary/aromatic N) is 2. The van der Waals surface area contributed by atoms with Gasteiger partial charge in [0, 0.05) is 32.7 Å². The molecule has 0 aromatic carbocycles. The average molecular weight is 271 g/mol. The van der Waals surface area contributed by atoms with Gasteiger partial charge in [-0.05, 0) is 39.4 Å². The van der Waals surface area contributed by atoms with Crippen LogP contribution >= 0.6 is 0 Å². The number of likely N-dealkylation sites (N-methyl/N-ethyl adjacent to an activating group) is 1. The van der Waals surface area contributed by atoms with Gasteiger partial charge in [-0.15, -0.1) is 0 Å². The summed E-state index contributed by atoms with van der Waals surface area (Å²) in [7, 11) is 1.93. The topological polar surface area (TPSA) is 27.7 Å². The third kappa shape index (κ3) is 7.25. The van der Waals surface area contributed by atoms with Gasteiger partial charge in [0.25, 0.3) is 0 Å². The molecule has 1 N–H and O–H groups in total. The number of rotatable bonds is 6. The molecule has 2 rings (SSSR count). The summed E-state index contributed by atoms with van der Waals surface area (Å²) in [6.07, 6.45) is 4.56. The number of nitrogens with one attached hydrogen (secondary N) is 1. The average Bonchev–Trinajstić information content (AvgIpc) is 2.42. The van der Waals surface area contributed by atoms with E-state index in [1.54, 1.807) is 0 Å². The zero-order valence-corrected chi connectivity index (χ0v) is 13.2. The van der Waals surface area contributed by atoms with Gasteiger partial charge in [-0.2, -0.15) is 0 Å². The first kappa shape index (κ1) is 16.9. The number of ether oxygens (including phenoxy) is 1. The summed E-state index contributed by atoms with van der Waals surface area (Å²) in [4.78, 5) is 5.05. The molecular weight excluding hydrogens is 238 g/mol. The first-order chi connectivity index (χ1) is 9.30. The quantitative estimate of drug-likeness (QED) is 0.791. The van der Waals surface area contributed by atoms with Gasteiger partial charge < -0.3 is 15.0 Å². The number of piperazine rings is 1. The molecule has 4 heteroatoms. The molecule has 0 bridgehead atoms. The van der Waals surface area contributed by atoms with E-state index in [0.29, 0.717) is 6.10 Å². The first-order valence-corrected chi connectivity index (χ1v) is 8.01. The molecule has 0 aromatic rings. The van der Waals surface area contributed by atoms with Crippen molar-refractivity contribution in [3.63, 3.8) is 0 Å². The van der Waals surface area contributed by atoms with Gasteiger partial charge >= 0.3 is 0 Å². The fourth-order valence-electron chi connectivity index (χ4n) is 2.22. The smallest absolute Gasteiger partial charge is 0.0597 e. The largest absolute Gasteiger partial charge is 0.377 e. The Morgan fingerprint density at radius 3 is 2.05 bits per heavy atom. The molecule has 0 unspecified atom stereocenters. The molecule has 1 aliphatic heterocycles. The predicted molar refractivity (Wildman–Crippen MR) is 81.7 cm³/mol. The molecule has 1 saturated heterocycles. The van der Waals surface area contributed by atoms with E-state index < -0.39 is 0 Å². The molecule has 1 heterocycles. The first-order valence-electron chi connectivity index (χ1n) is 8.01. The van der Waals surface area contributed by atoms with E-state index in [0.717, 1.165) is 19.7 Å². The highest BCUT2D eigenvalue weighted by atomic mass is 16.5. The molecule has 19 heavy (non-hydrogen) atoms. The molecule has 1 aliphatic carbocycles. The summed E-state index contributed by atoms with van der Waals surface area (Å²) in [5.41, 5.74) is 0. The van der Waals surface area contributed by atoms with E-state index in [4.69, 9.17) is 4.74 Å². The van der Waals surface area contributed by atoms with Crippen molar-refractivity contribution in [2.45, 2.75) is 39.2 Å². The van der Waals surface area contributed by atoms with Crippen LogP contribution in [0.2, 0.25) is 0 Å². The molecule has 1 saturated carbocycles. The van der Waals surface area contributed by atoms with Crippen LogP contribution in [0.5, 0.6) is 0 Å². The van der Waals surface area contributed by atoms with Crippen LogP contribution in [-0.4, -0.2) is 75.4 Å². The summed E-state index contributed by atoms with van der Waals surface area (Å²) in [5, 5.41) is 2.93. The third-order valence-corrected chi connectivity index (χ3v) is 4.08. The van der Waals surface area contributed by atoms with Crippen molar-refractivity contribution < 1.29 is 4.74 Å². The van der Waals surface area contributed by atoms with E-state index >= 15 is 0 Å². The molecule has 4 nitrogen and oxygen atoms in total. The summed E-state index contributed by atoms with van der Waals surface area (Å²) in [6.45, 7) is 13.6. The lowest BCUT2D eigenvalue weighted by atomic mass is 9.96. The van der Waals surface area contributed by atoms with Gasteiger partial charge in [-0.3, -0.25) is 4.90 Å². The molecule has 114 valence electrons. The Bertz CT molecular complexity index is 200. The highest BCUT2D eigenvalue weighted by Gasteiger charge is 2.19. The van der Waals surface area contributed by atoms with Crippen molar-refractivity contribution in [2.75, 3.05) is 59.5 Å². The van der Waals surface area contributed by atoms with Crippen molar-refractivity contribution in [2.24, 2.45) is 0 Å². The normalized spacial score (nSPS) is 21.6. The van der Waals surface area contributed by atoms with Crippen molar-refractivity contribution in [3.05, 3.63) is 0 Å². The number of hydrogen-bond donors (Lipinski definition) is 1. The third-order valence-electron chi connectivity index (χ3n) is 4.08. The Labute approximate surface area is 119 Å². The van der Waals surface area contributed by atoms with Crippen LogP contribution in [0.25, 0.3) is 0 Å². The maximum atomic E-state index is 5.78. The Balaban J connectivity index is 0.000000399. The summed E-state index contributed by atoms with van der Waals surface area (Å²) in [5.74, 6) is 0. The second kappa shape index (κ2) is 10.6. The van der Waals surface area contributed by atoms with Gasteiger partial charge in [0.05, 0.1) is 12.7 Å². The SMILES string of the molecule is CCN1CCN(CCOC2CCC2)CC1.CCNC. The Kier molecular flexibility index (Phi) is 9.43. The summed E-state index contributed by atoms with van der Waals surface area (Å²) in [6, 6.07) is 0. The van der Waals surface area contributed by atoms with Crippen LogP contribution in [0.3, 0.4) is 0 Å². The minimum atomic E-state index is 0.599. The standard InChI is InChI=1S/C12H24N2O.C3H9N/c1-2-13-6-8-14(9-7-13)10-11-15-12-4-3-5-12;1-3-4-2/h12H,2-11H2,1H3;4H,3H2,1-2H3. The van der Waals surface area contributed by atoms with Gasteiger partial charge in [0.2, 0.25) is 0 Å². The van der Waals surface area contributed by atoms with Crippen molar-refractivity contribution >= 4 is 0 Å². The second-order valence-electron chi connectivity index (χ2n) is 5.41. The van der Waals surface area contributed by atoms with Crippen LogP contribution in [0.4, 0.5) is 0 Å². The van der Waals surface area contributed by atoms with Crippen molar-refractivity contribution in [3.8, 4) is 0 Å². The molecule has 0 atom stereocenters. The van der Waals surface area contributed by atoms with Crippen LogP contribution in [0.15, 0.2) is 0 Å². The van der Waals surface area contributed by atoms with E-state index in [1.165, 1.54) is 52.0 Å². The van der Waals surface area contributed by atoms with Gasteiger partial charge in [-0.25, -0.2) is 0 Å². The summed E-state index contributed by atoms with van der Waals surface area (Å²) >= 11 is 0. The molecule has 0 aromatic heterocycles. The van der Waals surface area contributed by atoms with Crippen LogP contribution in [-0.2, 0) is 4.74 Å². The van der Waals surface area contributed by atoms with Gasteiger partial charge in [0.15, 0.2) is 0 Å². The lowest BCUT2D eigenvalue weighted by molar-refractivity contribution is -0.0119. The maximum Gasteiger partial charge on any atom is 0.0597 e. The fraction of sp³-hybridized carbons (Fsp3) is 1.00. The predicted octanol–water partition coefficient (Wildman–Crippen LogP) is 1.42. The van der Waals surface area contributed by atoms with E-state index in [-0.39, 0.29) is 0 Å². The lowest BCUT2D eigenvalue weighted by Crippen LogP contribution is -2.47. The molecule has 2 fully saturated rings. The highest BCUT2D eigenvalue weighted by Crippen LogP contribution is 2.21. The monoisotopic (exact) mass is 271 g/mol. The number of hydrogen-bond acceptors (Lipinski definition) is 4. The van der Waals surface area contributed by atoms with Crippen LogP contribution in [0.1, 0.15) is 33.1 Å². The van der Waals surface area contributed by atoms with E-state index in [2.05, 4.69) is 29.0 Å².